The molecule has 1 amide bonds. The zero-order valence-electron chi connectivity index (χ0n) is 16.8. The van der Waals surface area contributed by atoms with Gasteiger partial charge < -0.3 is 19.5 Å². The van der Waals surface area contributed by atoms with Crippen molar-refractivity contribution in [3.63, 3.8) is 0 Å². The van der Waals surface area contributed by atoms with Gasteiger partial charge in [0.2, 0.25) is 5.91 Å². The fourth-order valence-corrected chi connectivity index (χ4v) is 4.86. The van der Waals surface area contributed by atoms with Crippen LogP contribution in [0.5, 0.6) is 17.2 Å². The Hall–Kier alpha value is -2.28. The summed E-state index contributed by atoms with van der Waals surface area (Å²) in [4.78, 5) is 19.5. The van der Waals surface area contributed by atoms with Gasteiger partial charge in [0.25, 0.3) is 0 Å². The summed E-state index contributed by atoms with van der Waals surface area (Å²) in [5, 5.41) is 13.4. The van der Waals surface area contributed by atoms with E-state index < -0.39 is 0 Å². The first-order valence-corrected chi connectivity index (χ1v) is 10.4. The Bertz CT molecular complexity index is 799. The number of ether oxygens (including phenoxy) is 2. The third-order valence-corrected chi connectivity index (χ3v) is 6.14. The van der Waals surface area contributed by atoms with E-state index in [2.05, 4.69) is 18.8 Å². The molecular formula is C21H28N2O4S. The van der Waals surface area contributed by atoms with Gasteiger partial charge in [-0.15, -0.1) is 11.3 Å². The van der Waals surface area contributed by atoms with Crippen LogP contribution in [0.3, 0.4) is 0 Å². The van der Waals surface area contributed by atoms with Crippen LogP contribution in [0.2, 0.25) is 0 Å². The van der Waals surface area contributed by atoms with Gasteiger partial charge >= 0.3 is 0 Å². The van der Waals surface area contributed by atoms with E-state index in [0.717, 1.165) is 24.5 Å². The molecule has 3 atom stereocenters. The summed E-state index contributed by atoms with van der Waals surface area (Å²) >= 11 is 1.47. The van der Waals surface area contributed by atoms with E-state index in [9.17, 15) is 9.90 Å². The Morgan fingerprint density at radius 3 is 2.57 bits per heavy atom. The lowest BCUT2D eigenvalue weighted by Crippen LogP contribution is -2.43. The minimum Gasteiger partial charge on any atom is -0.507 e. The first-order chi connectivity index (χ1) is 13.4. The van der Waals surface area contributed by atoms with Crippen LogP contribution in [0, 0.1) is 11.8 Å². The molecule has 3 unspecified atom stereocenters. The molecule has 0 aliphatic carbocycles. The highest BCUT2D eigenvalue weighted by Gasteiger charge is 2.32. The second-order valence-corrected chi connectivity index (χ2v) is 8.56. The normalized spacial score (nSPS) is 20.6. The largest absolute Gasteiger partial charge is 0.507 e. The molecule has 1 aliphatic rings. The van der Waals surface area contributed by atoms with Crippen molar-refractivity contribution in [1.82, 2.24) is 9.88 Å². The standard InChI is InChI=1S/C21H28N2O4S/c1-13-7-14(2)12-23(11-13)19(25)10-16(21-22-5-6-28-21)20-17(24)8-15(26-3)9-18(20)27-4/h5-6,8-9,13-14,16,24H,7,10-12H2,1-4H3. The van der Waals surface area contributed by atoms with Gasteiger partial charge in [-0.25, -0.2) is 4.98 Å². The number of aromatic nitrogens is 1. The maximum absolute atomic E-state index is 13.2. The molecule has 3 rings (SSSR count). The monoisotopic (exact) mass is 404 g/mol. The van der Waals surface area contributed by atoms with Crippen molar-refractivity contribution < 1.29 is 19.4 Å². The fraction of sp³-hybridized carbons (Fsp3) is 0.524. The van der Waals surface area contributed by atoms with Gasteiger partial charge in [-0.3, -0.25) is 4.79 Å². The molecule has 2 heterocycles. The van der Waals surface area contributed by atoms with Gasteiger partial charge in [0, 0.05) is 48.8 Å². The van der Waals surface area contributed by atoms with E-state index in [1.54, 1.807) is 25.4 Å². The van der Waals surface area contributed by atoms with Crippen molar-refractivity contribution in [1.29, 1.82) is 0 Å². The molecule has 1 aromatic heterocycles. The third kappa shape index (κ3) is 4.41. The highest BCUT2D eigenvalue weighted by molar-refractivity contribution is 7.09. The number of amides is 1. The summed E-state index contributed by atoms with van der Waals surface area (Å²) in [7, 11) is 3.08. The molecule has 0 spiro atoms. The zero-order chi connectivity index (χ0) is 20.3. The second kappa shape index (κ2) is 8.82. The zero-order valence-corrected chi connectivity index (χ0v) is 17.7. The Kier molecular flexibility index (Phi) is 6.44. The van der Waals surface area contributed by atoms with E-state index in [1.807, 2.05) is 10.3 Å². The lowest BCUT2D eigenvalue weighted by atomic mass is 9.89. The van der Waals surface area contributed by atoms with Crippen LogP contribution in [0.25, 0.3) is 0 Å². The minimum absolute atomic E-state index is 0.0459. The molecule has 2 aromatic rings. The van der Waals surface area contributed by atoms with E-state index >= 15 is 0 Å². The summed E-state index contributed by atoms with van der Waals surface area (Å²) in [6.07, 6.45) is 3.10. The summed E-state index contributed by atoms with van der Waals surface area (Å²) in [5.74, 6) is 1.73. The Labute approximate surface area is 170 Å². The number of nitrogens with zero attached hydrogens (tertiary/aromatic N) is 2. The summed E-state index contributed by atoms with van der Waals surface area (Å²) < 4.78 is 10.8. The van der Waals surface area contributed by atoms with E-state index in [-0.39, 0.29) is 24.0 Å². The number of carbonyl (C=O) groups excluding carboxylic acids is 1. The predicted octanol–water partition coefficient (Wildman–Crippen LogP) is 3.89. The van der Waals surface area contributed by atoms with Crippen LogP contribution >= 0.6 is 11.3 Å². The van der Waals surface area contributed by atoms with E-state index in [1.165, 1.54) is 18.4 Å². The first kappa shape index (κ1) is 20.5. The Balaban J connectivity index is 1.94. The maximum Gasteiger partial charge on any atom is 0.223 e. The number of rotatable bonds is 6. The van der Waals surface area contributed by atoms with Gasteiger partial charge in [-0.05, 0) is 18.3 Å². The molecule has 1 aromatic carbocycles. The number of hydrogen-bond acceptors (Lipinski definition) is 6. The van der Waals surface area contributed by atoms with Gasteiger partial charge in [-0.2, -0.15) is 0 Å². The predicted molar refractivity (Wildman–Crippen MR) is 109 cm³/mol. The number of methoxy groups -OCH3 is 2. The van der Waals surface area contributed by atoms with Crippen LogP contribution in [-0.4, -0.2) is 48.2 Å². The van der Waals surface area contributed by atoms with Crippen LogP contribution < -0.4 is 9.47 Å². The molecule has 1 N–H and O–H groups in total. The Morgan fingerprint density at radius 2 is 2.00 bits per heavy atom. The summed E-state index contributed by atoms with van der Waals surface area (Å²) in [5.41, 5.74) is 0.574. The average Bonchev–Trinajstić information content (AvgIpc) is 3.19. The molecule has 0 bridgehead atoms. The lowest BCUT2D eigenvalue weighted by molar-refractivity contribution is -0.134. The molecule has 0 radical (unpaired) electrons. The van der Waals surface area contributed by atoms with Crippen molar-refractivity contribution in [2.45, 2.75) is 32.6 Å². The number of phenolic OH excluding ortho intramolecular Hbond substituents is 1. The molecule has 7 heteroatoms. The molecule has 6 nitrogen and oxygen atoms in total. The molecule has 1 aliphatic heterocycles. The van der Waals surface area contributed by atoms with Gasteiger partial charge in [0.1, 0.15) is 22.3 Å². The molecule has 152 valence electrons. The van der Waals surface area contributed by atoms with Crippen LogP contribution in [0.15, 0.2) is 23.7 Å². The minimum atomic E-state index is -0.374. The number of piperidine rings is 1. The van der Waals surface area contributed by atoms with E-state index in [4.69, 9.17) is 9.47 Å². The molecular weight excluding hydrogens is 376 g/mol. The van der Waals surface area contributed by atoms with Crippen LogP contribution in [0.4, 0.5) is 0 Å². The second-order valence-electron chi connectivity index (χ2n) is 7.63. The number of carbonyl (C=O) groups is 1. The molecule has 28 heavy (non-hydrogen) atoms. The van der Waals surface area contributed by atoms with Crippen molar-refractivity contribution in [2.24, 2.45) is 11.8 Å². The quantitative estimate of drug-likeness (QED) is 0.791. The van der Waals surface area contributed by atoms with Crippen molar-refractivity contribution >= 4 is 17.2 Å². The number of thiazole rings is 1. The molecule has 1 fully saturated rings. The fourth-order valence-electron chi connectivity index (χ4n) is 4.11. The van der Waals surface area contributed by atoms with Crippen molar-refractivity contribution in [3.8, 4) is 17.2 Å². The number of benzene rings is 1. The van der Waals surface area contributed by atoms with Gasteiger partial charge in [0.15, 0.2) is 0 Å². The Morgan fingerprint density at radius 1 is 1.29 bits per heavy atom. The maximum atomic E-state index is 13.2. The van der Waals surface area contributed by atoms with Crippen molar-refractivity contribution in [3.05, 3.63) is 34.3 Å². The summed E-state index contributed by atoms with van der Waals surface area (Å²) in [6, 6.07) is 3.28. The number of hydrogen-bond donors (Lipinski definition) is 1. The number of phenols is 1. The number of aromatic hydroxyl groups is 1. The highest BCUT2D eigenvalue weighted by atomic mass is 32.1. The van der Waals surface area contributed by atoms with Gasteiger partial charge in [-0.1, -0.05) is 13.8 Å². The first-order valence-electron chi connectivity index (χ1n) is 9.55. The van der Waals surface area contributed by atoms with E-state index in [0.29, 0.717) is 28.9 Å². The third-order valence-electron chi connectivity index (χ3n) is 5.25. The van der Waals surface area contributed by atoms with Gasteiger partial charge in [0.05, 0.1) is 20.1 Å². The SMILES string of the molecule is COc1cc(O)c(C(CC(=O)N2CC(C)CC(C)C2)c2nccs2)c(OC)c1. The summed E-state index contributed by atoms with van der Waals surface area (Å²) in [6.45, 7) is 5.93. The topological polar surface area (TPSA) is 71.9 Å². The lowest BCUT2D eigenvalue weighted by Gasteiger charge is -2.35. The van der Waals surface area contributed by atoms with Crippen molar-refractivity contribution in [2.75, 3.05) is 27.3 Å². The molecule has 0 saturated carbocycles. The number of likely N-dealkylation sites (tertiary alicyclic amines) is 1. The van der Waals surface area contributed by atoms with Crippen LogP contribution in [0.1, 0.15) is 43.2 Å². The molecule has 1 saturated heterocycles. The van der Waals surface area contributed by atoms with Crippen LogP contribution in [-0.2, 0) is 4.79 Å². The smallest absolute Gasteiger partial charge is 0.223 e. The average molecular weight is 405 g/mol. The highest BCUT2D eigenvalue weighted by Crippen LogP contribution is 2.43.